The molecule has 0 fully saturated rings. The van der Waals surface area contributed by atoms with Gasteiger partial charge in [-0.2, -0.15) is 13.2 Å². The summed E-state index contributed by atoms with van der Waals surface area (Å²) < 4.78 is 38.2. The van der Waals surface area contributed by atoms with E-state index in [1.807, 2.05) is 0 Å². The molecule has 6 heteroatoms. The number of nitrogens with zero attached hydrogens (tertiary/aromatic N) is 1. The lowest BCUT2D eigenvalue weighted by atomic mass is 10.1. The van der Waals surface area contributed by atoms with Crippen molar-refractivity contribution in [3.05, 3.63) is 45.7 Å². The van der Waals surface area contributed by atoms with Crippen LogP contribution in [0.25, 0.3) is 11.3 Å². The van der Waals surface area contributed by atoms with Gasteiger partial charge in [-0.1, -0.05) is 12.1 Å². The minimum Gasteiger partial charge on any atom is -0.507 e. The van der Waals surface area contributed by atoms with Crippen LogP contribution in [-0.4, -0.2) is 10.1 Å². The number of aromatic hydroxyl groups is 1. The average molecular weight is 365 g/mol. The molecule has 2 aromatic rings. The lowest BCUT2D eigenvalue weighted by molar-refractivity contribution is -0.138. The van der Waals surface area contributed by atoms with Crippen molar-refractivity contribution in [2.75, 3.05) is 0 Å². The molecule has 2 rings (SSSR count). The van der Waals surface area contributed by atoms with E-state index in [2.05, 4.69) is 4.98 Å². The quantitative estimate of drug-likeness (QED) is 0.773. The Hall–Kier alpha value is -1.31. The van der Waals surface area contributed by atoms with Crippen molar-refractivity contribution in [3.8, 4) is 17.0 Å². The van der Waals surface area contributed by atoms with Gasteiger partial charge in [-0.15, -0.1) is 0 Å². The number of hydrogen-bond acceptors (Lipinski definition) is 2. The third-order valence-corrected chi connectivity index (χ3v) is 3.45. The summed E-state index contributed by atoms with van der Waals surface area (Å²) in [6.45, 7) is 0. The Morgan fingerprint density at radius 3 is 2.39 bits per heavy atom. The van der Waals surface area contributed by atoms with E-state index in [4.69, 9.17) is 0 Å². The van der Waals surface area contributed by atoms with Crippen molar-refractivity contribution in [2.24, 2.45) is 0 Å². The number of para-hydroxylation sites is 1. The van der Waals surface area contributed by atoms with Gasteiger partial charge in [0, 0.05) is 11.8 Å². The Balaban J connectivity index is 2.64. The van der Waals surface area contributed by atoms with Crippen LogP contribution in [0.3, 0.4) is 0 Å². The summed E-state index contributed by atoms with van der Waals surface area (Å²) >= 11 is 1.59. The number of phenolic OH excluding ortho intramolecular Hbond substituents is 1. The molecule has 18 heavy (non-hydrogen) atoms. The van der Waals surface area contributed by atoms with Crippen LogP contribution >= 0.6 is 22.6 Å². The fourth-order valence-corrected chi connectivity index (χ4v) is 2.44. The van der Waals surface area contributed by atoms with E-state index in [1.54, 1.807) is 34.7 Å². The number of pyridine rings is 1. The summed E-state index contributed by atoms with van der Waals surface area (Å²) in [7, 11) is 0. The lowest BCUT2D eigenvalue weighted by Crippen LogP contribution is -2.09. The first-order valence-electron chi connectivity index (χ1n) is 4.91. The van der Waals surface area contributed by atoms with E-state index in [0.717, 1.165) is 12.3 Å². The van der Waals surface area contributed by atoms with E-state index in [0.29, 0.717) is 0 Å². The molecule has 0 aliphatic carbocycles. The normalized spacial score (nSPS) is 11.6. The molecule has 0 unspecified atom stereocenters. The smallest absolute Gasteiger partial charge is 0.417 e. The topological polar surface area (TPSA) is 33.1 Å². The zero-order valence-corrected chi connectivity index (χ0v) is 11.0. The van der Waals surface area contributed by atoms with E-state index in [1.165, 1.54) is 12.1 Å². The molecule has 0 amide bonds. The van der Waals surface area contributed by atoms with Gasteiger partial charge in [0.15, 0.2) is 0 Å². The molecule has 94 valence electrons. The first-order chi connectivity index (χ1) is 8.41. The highest BCUT2D eigenvalue weighted by molar-refractivity contribution is 14.1. The summed E-state index contributed by atoms with van der Waals surface area (Å²) in [5.74, 6) is -0.0951. The van der Waals surface area contributed by atoms with Crippen molar-refractivity contribution in [2.45, 2.75) is 6.18 Å². The van der Waals surface area contributed by atoms with Crippen LogP contribution in [0.2, 0.25) is 0 Å². The number of benzene rings is 1. The minimum absolute atomic E-state index is 0.0240. The third kappa shape index (κ3) is 2.43. The summed E-state index contributed by atoms with van der Waals surface area (Å²) in [5, 5.41) is 9.66. The van der Waals surface area contributed by atoms with Gasteiger partial charge in [0.25, 0.3) is 0 Å². The van der Waals surface area contributed by atoms with E-state index >= 15 is 0 Å². The van der Waals surface area contributed by atoms with Crippen LogP contribution in [-0.2, 0) is 6.18 Å². The van der Waals surface area contributed by atoms with Crippen molar-refractivity contribution in [3.63, 3.8) is 0 Å². The van der Waals surface area contributed by atoms with Gasteiger partial charge in [0.2, 0.25) is 0 Å². The number of halogens is 4. The van der Waals surface area contributed by atoms with Gasteiger partial charge in [0.1, 0.15) is 5.75 Å². The van der Waals surface area contributed by atoms with E-state index in [-0.39, 0.29) is 20.6 Å². The molecule has 0 saturated carbocycles. The molecule has 0 radical (unpaired) electrons. The number of hydrogen-bond donors (Lipinski definition) is 1. The molecule has 0 aliphatic heterocycles. The van der Waals surface area contributed by atoms with Crippen LogP contribution in [0, 0.1) is 3.57 Å². The fourth-order valence-electron chi connectivity index (χ4n) is 1.52. The fraction of sp³-hybridized carbons (Fsp3) is 0.0833. The Kier molecular flexibility index (Phi) is 3.47. The highest BCUT2D eigenvalue weighted by atomic mass is 127. The minimum atomic E-state index is -4.43. The van der Waals surface area contributed by atoms with Crippen LogP contribution in [0.15, 0.2) is 36.5 Å². The third-order valence-electron chi connectivity index (χ3n) is 2.35. The summed E-state index contributed by atoms with van der Waals surface area (Å²) in [6, 6.07) is 7.09. The monoisotopic (exact) mass is 365 g/mol. The second-order valence-corrected chi connectivity index (χ2v) is 4.61. The van der Waals surface area contributed by atoms with Crippen molar-refractivity contribution < 1.29 is 18.3 Å². The molecule has 1 N–H and O–H groups in total. The average Bonchev–Trinajstić information content (AvgIpc) is 2.29. The first-order valence-corrected chi connectivity index (χ1v) is 5.99. The maximum atomic E-state index is 12.7. The Bertz CT molecular complexity index is 584. The standard InChI is InChI=1S/C12H7F3INO/c13-12(14,15)8-5-6-17-11(10(8)16)7-3-1-2-4-9(7)18/h1-6,18H. The zero-order chi connectivity index (χ0) is 13.3. The number of alkyl halides is 3. The highest BCUT2D eigenvalue weighted by Crippen LogP contribution is 2.38. The molecular formula is C12H7F3INO. The number of aromatic nitrogens is 1. The maximum absolute atomic E-state index is 12.7. The second-order valence-electron chi connectivity index (χ2n) is 3.54. The van der Waals surface area contributed by atoms with Crippen LogP contribution in [0.4, 0.5) is 13.2 Å². The van der Waals surface area contributed by atoms with Crippen LogP contribution < -0.4 is 0 Å². The van der Waals surface area contributed by atoms with Gasteiger partial charge in [0.05, 0.1) is 14.8 Å². The summed E-state index contributed by atoms with van der Waals surface area (Å²) in [4.78, 5) is 3.92. The number of rotatable bonds is 1. The van der Waals surface area contributed by atoms with Gasteiger partial charge < -0.3 is 5.11 Å². The zero-order valence-electron chi connectivity index (χ0n) is 8.87. The molecule has 1 heterocycles. The molecular weight excluding hydrogens is 358 g/mol. The van der Waals surface area contributed by atoms with Gasteiger partial charge in [-0.3, -0.25) is 4.98 Å². The summed E-state index contributed by atoms with van der Waals surface area (Å²) in [5.41, 5.74) is -0.340. The Morgan fingerprint density at radius 2 is 1.78 bits per heavy atom. The Morgan fingerprint density at radius 1 is 1.11 bits per heavy atom. The molecule has 0 atom stereocenters. The largest absolute Gasteiger partial charge is 0.507 e. The van der Waals surface area contributed by atoms with Crippen molar-refractivity contribution in [1.29, 1.82) is 0 Å². The van der Waals surface area contributed by atoms with Crippen molar-refractivity contribution >= 4 is 22.6 Å². The first kappa shape index (κ1) is 13.1. The summed E-state index contributed by atoms with van der Waals surface area (Å²) in [6.07, 6.45) is -3.34. The number of phenols is 1. The van der Waals surface area contributed by atoms with E-state index in [9.17, 15) is 18.3 Å². The molecule has 0 bridgehead atoms. The second kappa shape index (κ2) is 4.75. The predicted octanol–water partition coefficient (Wildman–Crippen LogP) is 4.08. The molecule has 2 nitrogen and oxygen atoms in total. The Labute approximate surface area is 115 Å². The molecule has 1 aromatic heterocycles. The molecule has 0 aliphatic rings. The van der Waals surface area contributed by atoms with Crippen LogP contribution in [0.1, 0.15) is 5.56 Å². The maximum Gasteiger partial charge on any atom is 0.417 e. The highest BCUT2D eigenvalue weighted by Gasteiger charge is 2.34. The van der Waals surface area contributed by atoms with Gasteiger partial charge in [-0.05, 0) is 40.8 Å². The molecule has 1 aromatic carbocycles. The van der Waals surface area contributed by atoms with E-state index < -0.39 is 11.7 Å². The lowest BCUT2D eigenvalue weighted by Gasteiger charge is -2.12. The SMILES string of the molecule is Oc1ccccc1-c1nccc(C(F)(F)F)c1I. The molecule has 0 spiro atoms. The predicted molar refractivity (Wildman–Crippen MR) is 69.1 cm³/mol. The van der Waals surface area contributed by atoms with Gasteiger partial charge in [-0.25, -0.2) is 0 Å². The van der Waals surface area contributed by atoms with Gasteiger partial charge >= 0.3 is 6.18 Å². The molecule has 0 saturated heterocycles. The van der Waals surface area contributed by atoms with Crippen LogP contribution in [0.5, 0.6) is 5.75 Å². The van der Waals surface area contributed by atoms with Crippen molar-refractivity contribution in [1.82, 2.24) is 4.98 Å².